The molecule has 6 nitrogen and oxygen atoms in total. The van der Waals surface area contributed by atoms with Gasteiger partial charge in [-0.05, 0) is 30.9 Å². The van der Waals surface area contributed by atoms with Crippen LogP contribution in [0.3, 0.4) is 0 Å². The van der Waals surface area contributed by atoms with E-state index in [1.54, 1.807) is 4.90 Å². The summed E-state index contributed by atoms with van der Waals surface area (Å²) in [5, 5.41) is 2.95. The van der Waals surface area contributed by atoms with E-state index in [4.69, 9.17) is 5.73 Å². The second-order valence-corrected chi connectivity index (χ2v) is 7.08. The third kappa shape index (κ3) is 4.92. The van der Waals surface area contributed by atoms with E-state index in [0.29, 0.717) is 25.9 Å². The number of pyridine rings is 1. The van der Waals surface area contributed by atoms with Crippen LogP contribution in [0, 0.1) is 0 Å². The first-order valence-electron chi connectivity index (χ1n) is 9.36. The largest absolute Gasteiger partial charge is 0.350 e. The molecule has 2 heterocycles. The van der Waals surface area contributed by atoms with E-state index < -0.39 is 12.1 Å². The van der Waals surface area contributed by atoms with Crippen molar-refractivity contribution in [2.75, 3.05) is 6.54 Å². The quantitative estimate of drug-likeness (QED) is 0.737. The number of aryl methyl sites for hydroxylation is 1. The minimum atomic E-state index is -0.631. The first-order valence-corrected chi connectivity index (χ1v) is 9.36. The SMILES string of the molecule is C[n+]1cccc(CNC(=O)[C@@H]2CCCN2C(=O)[C@H](N)Cc2ccccc2)c1. The number of hydrogen-bond acceptors (Lipinski definition) is 3. The van der Waals surface area contributed by atoms with Crippen LogP contribution in [0.25, 0.3) is 0 Å². The molecule has 0 spiro atoms. The first-order chi connectivity index (χ1) is 13.0. The zero-order chi connectivity index (χ0) is 19.2. The highest BCUT2D eigenvalue weighted by molar-refractivity contribution is 5.90. The van der Waals surface area contributed by atoms with E-state index in [-0.39, 0.29) is 11.8 Å². The van der Waals surface area contributed by atoms with Crippen LogP contribution in [0.2, 0.25) is 0 Å². The lowest BCUT2D eigenvalue weighted by molar-refractivity contribution is -0.671. The standard InChI is InChI=1S/C21H26N4O2/c1-24-11-5-9-17(15-24)14-23-20(26)19-10-6-12-25(19)21(27)18(22)13-16-7-3-2-4-8-16/h2-5,7-9,11,15,18-19H,6,10,12-14,22H2,1H3/p+1/t18-,19+/m1/s1. The van der Waals surface area contributed by atoms with Crippen molar-refractivity contribution in [3.05, 3.63) is 66.0 Å². The van der Waals surface area contributed by atoms with E-state index in [2.05, 4.69) is 5.32 Å². The van der Waals surface area contributed by atoms with Gasteiger partial charge in [-0.15, -0.1) is 0 Å². The van der Waals surface area contributed by atoms with Crippen LogP contribution in [0.4, 0.5) is 0 Å². The predicted molar refractivity (Wildman–Crippen MR) is 102 cm³/mol. The Kier molecular flexibility index (Phi) is 6.19. The molecule has 1 aliphatic heterocycles. The van der Waals surface area contributed by atoms with E-state index in [1.165, 1.54) is 0 Å². The van der Waals surface area contributed by atoms with Gasteiger partial charge in [0.1, 0.15) is 13.1 Å². The maximum Gasteiger partial charge on any atom is 0.243 e. The molecular weight excluding hydrogens is 340 g/mol. The van der Waals surface area contributed by atoms with Crippen LogP contribution >= 0.6 is 0 Å². The van der Waals surface area contributed by atoms with E-state index in [0.717, 1.165) is 17.5 Å². The fraction of sp³-hybridized carbons (Fsp3) is 0.381. The van der Waals surface area contributed by atoms with Crippen LogP contribution < -0.4 is 15.6 Å². The van der Waals surface area contributed by atoms with Crippen LogP contribution in [0.5, 0.6) is 0 Å². The summed E-state index contributed by atoms with van der Waals surface area (Å²) >= 11 is 0. The Hall–Kier alpha value is -2.73. The average molecular weight is 367 g/mol. The van der Waals surface area contributed by atoms with Gasteiger partial charge >= 0.3 is 0 Å². The molecule has 1 aliphatic rings. The van der Waals surface area contributed by atoms with Gasteiger partial charge in [0.25, 0.3) is 0 Å². The maximum atomic E-state index is 12.8. The van der Waals surface area contributed by atoms with Crippen molar-refractivity contribution in [2.24, 2.45) is 12.8 Å². The summed E-state index contributed by atoms with van der Waals surface area (Å²) in [6.07, 6.45) is 5.88. The molecule has 142 valence electrons. The average Bonchev–Trinajstić information content (AvgIpc) is 3.16. The summed E-state index contributed by atoms with van der Waals surface area (Å²) in [6, 6.07) is 12.6. The summed E-state index contributed by atoms with van der Waals surface area (Å²) in [6.45, 7) is 1.03. The molecule has 0 bridgehead atoms. The van der Waals surface area contributed by atoms with Gasteiger partial charge in [0, 0.05) is 24.7 Å². The Bertz CT molecular complexity index is 794. The highest BCUT2D eigenvalue weighted by Gasteiger charge is 2.36. The predicted octanol–water partition coefficient (Wildman–Crippen LogP) is 0.688. The number of nitrogens with one attached hydrogen (secondary N) is 1. The van der Waals surface area contributed by atoms with Crippen molar-refractivity contribution in [3.8, 4) is 0 Å². The fourth-order valence-electron chi connectivity index (χ4n) is 3.53. The number of nitrogens with two attached hydrogens (primary N) is 1. The lowest BCUT2D eigenvalue weighted by Gasteiger charge is -2.26. The third-order valence-electron chi connectivity index (χ3n) is 4.92. The molecule has 0 radical (unpaired) electrons. The van der Waals surface area contributed by atoms with Crippen LogP contribution in [-0.4, -0.2) is 35.3 Å². The van der Waals surface area contributed by atoms with Crippen LogP contribution in [0.15, 0.2) is 54.9 Å². The summed E-state index contributed by atoms with van der Waals surface area (Å²) in [7, 11) is 1.94. The number of nitrogens with zero attached hydrogens (tertiary/aromatic N) is 2. The number of likely N-dealkylation sites (tertiary alicyclic amines) is 1. The number of benzene rings is 1. The zero-order valence-corrected chi connectivity index (χ0v) is 15.7. The Morgan fingerprint density at radius 2 is 1.96 bits per heavy atom. The summed E-state index contributed by atoms with van der Waals surface area (Å²) in [5.41, 5.74) is 8.19. The molecule has 0 unspecified atom stereocenters. The second-order valence-electron chi connectivity index (χ2n) is 7.08. The topological polar surface area (TPSA) is 79.3 Å². The van der Waals surface area contributed by atoms with Gasteiger partial charge in [-0.1, -0.05) is 30.3 Å². The first kappa shape index (κ1) is 19.0. The lowest BCUT2D eigenvalue weighted by atomic mass is 10.1. The van der Waals surface area contributed by atoms with Gasteiger partial charge in [-0.2, -0.15) is 0 Å². The Balaban J connectivity index is 1.58. The molecule has 6 heteroatoms. The molecule has 1 aromatic heterocycles. The molecule has 3 N–H and O–H groups in total. The number of carbonyl (C=O) groups is 2. The molecule has 0 saturated carbocycles. The van der Waals surface area contributed by atoms with Gasteiger partial charge in [-0.3, -0.25) is 9.59 Å². The third-order valence-corrected chi connectivity index (χ3v) is 4.92. The summed E-state index contributed by atoms with van der Waals surface area (Å²) < 4.78 is 1.94. The molecule has 0 aliphatic carbocycles. The van der Waals surface area contributed by atoms with E-state index >= 15 is 0 Å². The molecular formula is C21H27N4O2+. The number of hydrogen-bond donors (Lipinski definition) is 2. The number of carbonyl (C=O) groups excluding carboxylic acids is 2. The number of amides is 2. The van der Waals surface area contributed by atoms with Crippen molar-refractivity contribution >= 4 is 11.8 Å². The van der Waals surface area contributed by atoms with Gasteiger partial charge in [-0.25, -0.2) is 4.57 Å². The van der Waals surface area contributed by atoms with Crippen LogP contribution in [0.1, 0.15) is 24.0 Å². The monoisotopic (exact) mass is 367 g/mol. The smallest absolute Gasteiger partial charge is 0.243 e. The fourth-order valence-corrected chi connectivity index (χ4v) is 3.53. The summed E-state index contributed by atoms with van der Waals surface area (Å²) in [4.78, 5) is 27.1. The molecule has 1 aromatic carbocycles. The van der Waals surface area contributed by atoms with Crippen molar-refractivity contribution in [3.63, 3.8) is 0 Å². The Morgan fingerprint density at radius 3 is 2.70 bits per heavy atom. The van der Waals surface area contributed by atoms with Crippen LogP contribution in [-0.2, 0) is 29.6 Å². The highest BCUT2D eigenvalue weighted by atomic mass is 16.2. The van der Waals surface area contributed by atoms with Gasteiger partial charge < -0.3 is 16.0 Å². The van der Waals surface area contributed by atoms with E-state index in [9.17, 15) is 9.59 Å². The second kappa shape index (κ2) is 8.77. The van der Waals surface area contributed by atoms with Crippen molar-refractivity contribution < 1.29 is 14.2 Å². The molecule has 2 aromatic rings. The lowest BCUT2D eigenvalue weighted by Crippen LogP contribution is -2.51. The molecule has 1 fully saturated rings. The molecule has 2 atom stereocenters. The zero-order valence-electron chi connectivity index (χ0n) is 15.7. The molecule has 1 saturated heterocycles. The molecule has 3 rings (SSSR count). The minimum Gasteiger partial charge on any atom is -0.350 e. The van der Waals surface area contributed by atoms with E-state index in [1.807, 2.05) is 66.5 Å². The molecule has 27 heavy (non-hydrogen) atoms. The van der Waals surface area contributed by atoms with Crippen molar-refractivity contribution in [2.45, 2.75) is 37.9 Å². The molecule has 2 amide bonds. The normalized spacial score (nSPS) is 17.6. The van der Waals surface area contributed by atoms with Gasteiger partial charge in [0.2, 0.25) is 11.8 Å². The number of aromatic nitrogens is 1. The maximum absolute atomic E-state index is 12.8. The van der Waals surface area contributed by atoms with Gasteiger partial charge in [0.05, 0.1) is 6.04 Å². The summed E-state index contributed by atoms with van der Waals surface area (Å²) in [5.74, 6) is -0.262. The highest BCUT2D eigenvalue weighted by Crippen LogP contribution is 2.19. The van der Waals surface area contributed by atoms with Crippen molar-refractivity contribution in [1.29, 1.82) is 0 Å². The van der Waals surface area contributed by atoms with Gasteiger partial charge in [0.15, 0.2) is 12.4 Å². The Labute approximate surface area is 160 Å². The van der Waals surface area contributed by atoms with Crippen molar-refractivity contribution in [1.82, 2.24) is 10.2 Å². The Morgan fingerprint density at radius 1 is 1.22 bits per heavy atom. The minimum absolute atomic E-state index is 0.112. The number of rotatable bonds is 6.